The molecule has 4 nitrogen and oxygen atoms in total. The first-order valence-electron chi connectivity index (χ1n) is 7.66. The average molecular weight is 353 g/mol. The molecule has 21 heavy (non-hydrogen) atoms. The molecule has 2 aliphatic rings. The minimum atomic E-state index is -0.0588. The molecule has 2 unspecified atom stereocenters. The fraction of sp³-hybridized carbons (Fsp3) is 0.562. The number of hydrogen-bond donors (Lipinski definition) is 2. The average Bonchev–Trinajstić information content (AvgIpc) is 3.03. The van der Waals surface area contributed by atoms with Crippen LogP contribution in [0.3, 0.4) is 0 Å². The molecule has 1 amide bonds. The van der Waals surface area contributed by atoms with E-state index in [1.165, 1.54) is 19.3 Å². The lowest BCUT2D eigenvalue weighted by atomic mass is 9.89. The number of carbonyl (C=O) groups is 1. The lowest BCUT2D eigenvalue weighted by molar-refractivity contribution is 0.0648. The first-order chi connectivity index (χ1) is 10.1. The molecule has 0 spiro atoms. The Hall–Kier alpha value is -1.07. The normalized spacial score (nSPS) is 26.0. The smallest absolute Gasteiger partial charge is 0.257 e. The highest BCUT2D eigenvalue weighted by Gasteiger charge is 2.31. The summed E-state index contributed by atoms with van der Waals surface area (Å²) in [5.41, 5.74) is 0.393. The molecule has 1 aromatic rings. The van der Waals surface area contributed by atoms with Gasteiger partial charge in [-0.05, 0) is 56.3 Å². The lowest BCUT2D eigenvalue weighted by Crippen LogP contribution is -2.45. The van der Waals surface area contributed by atoms with Crippen molar-refractivity contribution in [2.45, 2.75) is 31.7 Å². The van der Waals surface area contributed by atoms with Crippen LogP contribution in [0.5, 0.6) is 5.75 Å². The Morgan fingerprint density at radius 1 is 1.33 bits per heavy atom. The molecule has 1 aromatic carbocycles. The highest BCUT2D eigenvalue weighted by atomic mass is 79.9. The molecule has 2 aliphatic heterocycles. The van der Waals surface area contributed by atoms with Crippen LogP contribution in [0.1, 0.15) is 36.0 Å². The van der Waals surface area contributed by atoms with Crippen LogP contribution in [-0.4, -0.2) is 41.6 Å². The third-order valence-electron chi connectivity index (χ3n) is 4.60. The molecule has 0 aromatic heterocycles. The number of halogens is 1. The third kappa shape index (κ3) is 3.24. The molecule has 0 aliphatic carbocycles. The molecule has 114 valence electrons. The van der Waals surface area contributed by atoms with E-state index in [0.29, 0.717) is 17.5 Å². The maximum Gasteiger partial charge on any atom is 0.257 e. The van der Waals surface area contributed by atoms with Crippen LogP contribution in [0.25, 0.3) is 0 Å². The molecule has 2 heterocycles. The Balaban J connectivity index is 1.73. The number of phenols is 1. The van der Waals surface area contributed by atoms with Crippen molar-refractivity contribution in [3.05, 3.63) is 28.2 Å². The second-order valence-electron chi connectivity index (χ2n) is 6.02. The summed E-state index contributed by atoms with van der Waals surface area (Å²) >= 11 is 3.36. The monoisotopic (exact) mass is 352 g/mol. The van der Waals surface area contributed by atoms with E-state index < -0.39 is 0 Å². The first kappa shape index (κ1) is 14.9. The molecule has 2 N–H and O–H groups in total. The van der Waals surface area contributed by atoms with Gasteiger partial charge in [0, 0.05) is 23.6 Å². The van der Waals surface area contributed by atoms with E-state index in [1.807, 2.05) is 4.90 Å². The standard InChI is InChI=1S/C16H21BrN2O2/c17-12-5-6-15(20)13(9-12)16(21)19-8-2-3-11(10-19)14-4-1-7-18-14/h5-6,9,11,14,18,20H,1-4,7-8,10H2. The number of phenolic OH excluding ortho intramolecular Hbond substituents is 1. The van der Waals surface area contributed by atoms with Crippen molar-refractivity contribution in [1.82, 2.24) is 10.2 Å². The summed E-state index contributed by atoms with van der Waals surface area (Å²) in [5.74, 6) is 0.542. The van der Waals surface area contributed by atoms with Crippen LogP contribution in [0.15, 0.2) is 22.7 Å². The number of rotatable bonds is 2. The summed E-state index contributed by atoms with van der Waals surface area (Å²) in [5, 5.41) is 13.5. The van der Waals surface area contributed by atoms with Gasteiger partial charge in [-0.15, -0.1) is 0 Å². The van der Waals surface area contributed by atoms with Crippen LogP contribution >= 0.6 is 15.9 Å². The molecular weight excluding hydrogens is 332 g/mol. The zero-order valence-corrected chi connectivity index (χ0v) is 13.6. The highest BCUT2D eigenvalue weighted by molar-refractivity contribution is 9.10. The fourth-order valence-electron chi connectivity index (χ4n) is 3.49. The Morgan fingerprint density at radius 3 is 2.95 bits per heavy atom. The topological polar surface area (TPSA) is 52.6 Å². The lowest BCUT2D eigenvalue weighted by Gasteiger charge is -2.36. The summed E-state index contributed by atoms with van der Waals surface area (Å²) in [6.07, 6.45) is 4.69. The van der Waals surface area contributed by atoms with Gasteiger partial charge in [0.15, 0.2) is 0 Å². The molecule has 0 radical (unpaired) electrons. The Kier molecular flexibility index (Phi) is 4.50. The fourth-order valence-corrected chi connectivity index (χ4v) is 3.85. The predicted octanol–water partition coefficient (Wildman–Crippen LogP) is 2.76. The summed E-state index contributed by atoms with van der Waals surface area (Å²) in [6, 6.07) is 5.57. The van der Waals surface area contributed by atoms with E-state index >= 15 is 0 Å². The Labute approximate surface area is 133 Å². The van der Waals surface area contributed by atoms with E-state index in [2.05, 4.69) is 21.2 Å². The van der Waals surface area contributed by atoms with Crippen molar-refractivity contribution >= 4 is 21.8 Å². The number of nitrogens with one attached hydrogen (secondary N) is 1. The molecule has 2 fully saturated rings. The van der Waals surface area contributed by atoms with Gasteiger partial charge in [0.25, 0.3) is 5.91 Å². The minimum Gasteiger partial charge on any atom is -0.507 e. The number of aromatic hydroxyl groups is 1. The maximum atomic E-state index is 12.7. The van der Waals surface area contributed by atoms with Crippen LogP contribution in [0.2, 0.25) is 0 Å². The number of amides is 1. The Bertz CT molecular complexity index is 529. The van der Waals surface area contributed by atoms with Gasteiger partial charge in [0.05, 0.1) is 5.56 Å². The summed E-state index contributed by atoms with van der Waals surface area (Å²) in [4.78, 5) is 14.6. The molecule has 2 atom stereocenters. The van der Waals surface area contributed by atoms with Crippen molar-refractivity contribution in [2.75, 3.05) is 19.6 Å². The van der Waals surface area contributed by atoms with Gasteiger partial charge >= 0.3 is 0 Å². The van der Waals surface area contributed by atoms with E-state index in [-0.39, 0.29) is 11.7 Å². The van der Waals surface area contributed by atoms with Gasteiger partial charge in [0.1, 0.15) is 5.75 Å². The van der Waals surface area contributed by atoms with Crippen molar-refractivity contribution < 1.29 is 9.90 Å². The van der Waals surface area contributed by atoms with Gasteiger partial charge in [-0.1, -0.05) is 15.9 Å². The minimum absolute atomic E-state index is 0.0588. The van der Waals surface area contributed by atoms with Gasteiger partial charge in [-0.25, -0.2) is 0 Å². The van der Waals surface area contributed by atoms with Crippen molar-refractivity contribution in [3.63, 3.8) is 0 Å². The van der Waals surface area contributed by atoms with Gasteiger partial charge in [-0.3, -0.25) is 4.79 Å². The van der Waals surface area contributed by atoms with Crippen molar-refractivity contribution in [1.29, 1.82) is 0 Å². The summed E-state index contributed by atoms with van der Waals surface area (Å²) in [7, 11) is 0. The zero-order chi connectivity index (χ0) is 14.8. The van der Waals surface area contributed by atoms with Gasteiger partial charge in [-0.2, -0.15) is 0 Å². The molecule has 2 saturated heterocycles. The second-order valence-corrected chi connectivity index (χ2v) is 6.93. The second kappa shape index (κ2) is 6.36. The van der Waals surface area contributed by atoms with E-state index in [9.17, 15) is 9.90 Å². The third-order valence-corrected chi connectivity index (χ3v) is 5.09. The zero-order valence-electron chi connectivity index (χ0n) is 12.0. The van der Waals surface area contributed by atoms with Gasteiger partial charge < -0.3 is 15.3 Å². The van der Waals surface area contributed by atoms with Crippen molar-refractivity contribution in [2.24, 2.45) is 5.92 Å². The highest BCUT2D eigenvalue weighted by Crippen LogP contribution is 2.28. The summed E-state index contributed by atoms with van der Waals surface area (Å²) < 4.78 is 0.815. The van der Waals surface area contributed by atoms with Crippen LogP contribution in [0.4, 0.5) is 0 Å². The molecule has 5 heteroatoms. The molecular formula is C16H21BrN2O2. The number of hydrogen-bond acceptors (Lipinski definition) is 3. The number of likely N-dealkylation sites (tertiary alicyclic amines) is 1. The SMILES string of the molecule is O=C(c1cc(Br)ccc1O)N1CCCC(C2CCCN2)C1. The van der Waals surface area contributed by atoms with Crippen molar-refractivity contribution in [3.8, 4) is 5.75 Å². The van der Waals surface area contributed by atoms with E-state index in [4.69, 9.17) is 0 Å². The number of benzene rings is 1. The van der Waals surface area contributed by atoms with Crippen LogP contribution in [-0.2, 0) is 0 Å². The van der Waals surface area contributed by atoms with Crippen LogP contribution < -0.4 is 5.32 Å². The molecule has 3 rings (SSSR count). The number of carbonyl (C=O) groups excluding carboxylic acids is 1. The van der Waals surface area contributed by atoms with E-state index in [1.54, 1.807) is 18.2 Å². The van der Waals surface area contributed by atoms with E-state index in [0.717, 1.165) is 30.5 Å². The van der Waals surface area contributed by atoms with Gasteiger partial charge in [0.2, 0.25) is 0 Å². The molecule has 0 saturated carbocycles. The molecule has 0 bridgehead atoms. The maximum absolute atomic E-state index is 12.7. The van der Waals surface area contributed by atoms with Crippen LogP contribution in [0, 0.1) is 5.92 Å². The Morgan fingerprint density at radius 2 is 2.19 bits per heavy atom. The quantitative estimate of drug-likeness (QED) is 0.860. The number of piperidine rings is 1. The first-order valence-corrected chi connectivity index (χ1v) is 8.45. The largest absolute Gasteiger partial charge is 0.507 e. The predicted molar refractivity (Wildman–Crippen MR) is 85.5 cm³/mol. The number of nitrogens with zero attached hydrogens (tertiary/aromatic N) is 1. The summed E-state index contributed by atoms with van der Waals surface area (Å²) in [6.45, 7) is 2.68.